The average Bonchev–Trinajstić information content (AvgIpc) is 2.86. The lowest BCUT2D eigenvalue weighted by molar-refractivity contribution is -0.126. The first-order valence-corrected chi connectivity index (χ1v) is 5.90. The Kier molecular flexibility index (Phi) is 3.65. The molecule has 2 unspecified atom stereocenters. The van der Waals surface area contributed by atoms with Crippen LogP contribution in [0.1, 0.15) is 31.9 Å². The van der Waals surface area contributed by atoms with Gasteiger partial charge in [-0.25, -0.2) is 0 Å². The molecule has 1 amide bonds. The van der Waals surface area contributed by atoms with E-state index in [9.17, 15) is 13.6 Å². The molecule has 0 bridgehead atoms. The lowest BCUT2D eigenvalue weighted by Crippen LogP contribution is -2.27. The third-order valence-corrected chi connectivity index (χ3v) is 3.05. The first kappa shape index (κ1) is 13.0. The smallest absolute Gasteiger partial charge is 0.318 e. The largest absolute Gasteiger partial charge is 0.365 e. The molecule has 1 aliphatic rings. The van der Waals surface area contributed by atoms with Gasteiger partial charge in [0, 0.05) is 12.4 Å². The fourth-order valence-corrected chi connectivity index (χ4v) is 2.03. The molecule has 1 aliphatic heterocycles. The van der Waals surface area contributed by atoms with Crippen LogP contribution in [0.3, 0.4) is 0 Å². The second-order valence-corrected chi connectivity index (χ2v) is 4.58. The lowest BCUT2D eigenvalue weighted by Gasteiger charge is -2.11. The van der Waals surface area contributed by atoms with E-state index in [-0.39, 0.29) is 12.0 Å². The van der Waals surface area contributed by atoms with Crippen molar-refractivity contribution < 1.29 is 18.3 Å². The summed E-state index contributed by atoms with van der Waals surface area (Å²) >= 11 is 0. The fraction of sp³-hybridized carbons (Fsp3) is 0.583. The van der Waals surface area contributed by atoms with Crippen molar-refractivity contribution in [1.29, 1.82) is 0 Å². The van der Waals surface area contributed by atoms with E-state index in [2.05, 4.69) is 5.32 Å². The van der Waals surface area contributed by atoms with Gasteiger partial charge < -0.3 is 10.1 Å². The van der Waals surface area contributed by atoms with Gasteiger partial charge >= 0.3 is 6.55 Å². The number of alkyl halides is 2. The zero-order chi connectivity index (χ0) is 13.3. The highest BCUT2D eigenvalue weighted by molar-refractivity contribution is 5.94. The van der Waals surface area contributed by atoms with Crippen LogP contribution in [0.25, 0.3) is 0 Å². The molecule has 100 valence electrons. The molecule has 2 atom stereocenters. The van der Waals surface area contributed by atoms with Crippen LogP contribution in [0.5, 0.6) is 0 Å². The Hall–Kier alpha value is -1.43. The van der Waals surface area contributed by atoms with Crippen molar-refractivity contribution in [2.45, 2.75) is 45.4 Å². The van der Waals surface area contributed by atoms with E-state index in [4.69, 9.17) is 4.74 Å². The molecule has 0 aliphatic carbocycles. The first-order valence-electron chi connectivity index (χ1n) is 5.90. The zero-order valence-electron chi connectivity index (χ0n) is 10.3. The molecule has 6 heteroatoms. The van der Waals surface area contributed by atoms with E-state index in [1.54, 1.807) is 6.92 Å². The molecule has 1 fully saturated rings. The summed E-state index contributed by atoms with van der Waals surface area (Å²) in [7, 11) is 0. The molecule has 2 heterocycles. The monoisotopic (exact) mass is 258 g/mol. The highest BCUT2D eigenvalue weighted by Crippen LogP contribution is 2.24. The summed E-state index contributed by atoms with van der Waals surface area (Å²) in [5.74, 6) is -0.269. The minimum atomic E-state index is -2.60. The molecule has 1 saturated heterocycles. The predicted octanol–water partition coefficient (Wildman–Crippen LogP) is 2.70. The maximum Gasteiger partial charge on any atom is 0.318 e. The number of aromatic nitrogens is 1. The quantitative estimate of drug-likeness (QED) is 0.905. The molecule has 1 N–H and O–H groups in total. The molecule has 0 radical (unpaired) electrons. The standard InChI is InChI=1S/C12H16F2N2O2/c1-7-5-16(12(13)14)6-9(7)15-11(17)10-4-3-8(2)18-10/h5-6,8,10,12H,3-4H2,1-2H3,(H,15,17). The Bertz CT molecular complexity index is 445. The van der Waals surface area contributed by atoms with Crippen molar-refractivity contribution in [3.05, 3.63) is 18.0 Å². The number of hydrogen-bond donors (Lipinski definition) is 1. The summed E-state index contributed by atoms with van der Waals surface area (Å²) < 4.78 is 31.1. The van der Waals surface area contributed by atoms with Crippen molar-refractivity contribution >= 4 is 11.6 Å². The molecule has 2 rings (SSSR count). The summed E-state index contributed by atoms with van der Waals surface area (Å²) in [5, 5.41) is 2.63. The summed E-state index contributed by atoms with van der Waals surface area (Å²) in [5.41, 5.74) is 1.01. The van der Waals surface area contributed by atoms with E-state index in [0.29, 0.717) is 17.7 Å². The van der Waals surface area contributed by atoms with Gasteiger partial charge in [0.2, 0.25) is 0 Å². The predicted molar refractivity (Wildman–Crippen MR) is 62.6 cm³/mol. The molecule has 0 saturated carbocycles. The van der Waals surface area contributed by atoms with Gasteiger partial charge in [-0.1, -0.05) is 0 Å². The van der Waals surface area contributed by atoms with Crippen LogP contribution in [0.4, 0.5) is 14.5 Å². The van der Waals surface area contributed by atoms with Gasteiger partial charge in [-0.3, -0.25) is 9.36 Å². The van der Waals surface area contributed by atoms with Crippen LogP contribution in [0.2, 0.25) is 0 Å². The normalized spacial score (nSPS) is 23.6. The zero-order valence-corrected chi connectivity index (χ0v) is 10.3. The molecule has 18 heavy (non-hydrogen) atoms. The van der Waals surface area contributed by atoms with E-state index < -0.39 is 12.7 Å². The third kappa shape index (κ3) is 2.69. The number of nitrogens with one attached hydrogen (secondary N) is 1. The van der Waals surface area contributed by atoms with Gasteiger partial charge in [0.15, 0.2) is 0 Å². The van der Waals surface area contributed by atoms with Crippen LogP contribution in [-0.2, 0) is 9.53 Å². The molecular formula is C12H16F2N2O2. The minimum absolute atomic E-state index is 0.0764. The number of carbonyl (C=O) groups excluding carboxylic acids is 1. The van der Waals surface area contributed by atoms with Crippen LogP contribution >= 0.6 is 0 Å². The van der Waals surface area contributed by atoms with Gasteiger partial charge in [-0.15, -0.1) is 0 Å². The highest BCUT2D eigenvalue weighted by atomic mass is 19.3. The second-order valence-electron chi connectivity index (χ2n) is 4.58. The van der Waals surface area contributed by atoms with Gasteiger partial charge in [-0.05, 0) is 32.3 Å². The number of hydrogen-bond acceptors (Lipinski definition) is 2. The van der Waals surface area contributed by atoms with Gasteiger partial charge in [0.25, 0.3) is 5.91 Å². The number of halogens is 2. The van der Waals surface area contributed by atoms with Crippen molar-refractivity contribution in [1.82, 2.24) is 4.57 Å². The Balaban J connectivity index is 2.03. The molecule has 1 aromatic heterocycles. The maximum atomic E-state index is 12.5. The van der Waals surface area contributed by atoms with Gasteiger partial charge in [-0.2, -0.15) is 8.78 Å². The Labute approximate surface area is 104 Å². The number of anilines is 1. The van der Waals surface area contributed by atoms with E-state index in [0.717, 1.165) is 11.0 Å². The van der Waals surface area contributed by atoms with Crippen molar-refractivity contribution in [3.63, 3.8) is 0 Å². The SMILES string of the molecule is Cc1cn(C(F)F)cc1NC(=O)C1CCC(C)O1. The highest BCUT2D eigenvalue weighted by Gasteiger charge is 2.28. The van der Waals surface area contributed by atoms with Crippen LogP contribution in [0.15, 0.2) is 12.4 Å². The van der Waals surface area contributed by atoms with Crippen molar-refractivity contribution in [2.24, 2.45) is 0 Å². The molecule has 0 spiro atoms. The topological polar surface area (TPSA) is 43.3 Å². The van der Waals surface area contributed by atoms with E-state index >= 15 is 0 Å². The molecule has 0 aromatic carbocycles. The van der Waals surface area contributed by atoms with Crippen molar-refractivity contribution in [3.8, 4) is 0 Å². The number of nitrogens with zero attached hydrogens (tertiary/aromatic N) is 1. The number of rotatable bonds is 3. The Morgan fingerprint density at radius 3 is 2.72 bits per heavy atom. The van der Waals surface area contributed by atoms with Gasteiger partial charge in [0.1, 0.15) is 6.10 Å². The average molecular weight is 258 g/mol. The summed E-state index contributed by atoms with van der Waals surface area (Å²) in [6.45, 7) is 0.982. The van der Waals surface area contributed by atoms with Crippen LogP contribution in [0, 0.1) is 6.92 Å². The third-order valence-electron chi connectivity index (χ3n) is 3.05. The molecule has 1 aromatic rings. The van der Waals surface area contributed by atoms with E-state index in [1.807, 2.05) is 6.92 Å². The minimum Gasteiger partial charge on any atom is -0.365 e. The summed E-state index contributed by atoms with van der Waals surface area (Å²) in [6, 6.07) is 0. The summed E-state index contributed by atoms with van der Waals surface area (Å²) in [6.07, 6.45) is 3.65. The maximum absolute atomic E-state index is 12.5. The first-order chi connectivity index (χ1) is 8.47. The number of carbonyl (C=O) groups is 1. The lowest BCUT2D eigenvalue weighted by atomic mass is 10.2. The van der Waals surface area contributed by atoms with Crippen LogP contribution < -0.4 is 5.32 Å². The van der Waals surface area contributed by atoms with Crippen molar-refractivity contribution in [2.75, 3.05) is 5.32 Å². The number of amides is 1. The second kappa shape index (κ2) is 5.06. The number of aryl methyl sites for hydroxylation is 1. The van der Waals surface area contributed by atoms with Crippen LogP contribution in [-0.4, -0.2) is 22.7 Å². The molecule has 4 nitrogen and oxygen atoms in total. The molecular weight excluding hydrogens is 242 g/mol. The van der Waals surface area contributed by atoms with E-state index in [1.165, 1.54) is 12.4 Å². The van der Waals surface area contributed by atoms with Gasteiger partial charge in [0.05, 0.1) is 11.8 Å². The Morgan fingerprint density at radius 2 is 2.22 bits per heavy atom. The summed E-state index contributed by atoms with van der Waals surface area (Å²) in [4.78, 5) is 11.9. The fourth-order valence-electron chi connectivity index (χ4n) is 2.03. The Morgan fingerprint density at radius 1 is 1.50 bits per heavy atom. The number of ether oxygens (including phenoxy) is 1.